The van der Waals surface area contributed by atoms with E-state index >= 15 is 0 Å². The van der Waals surface area contributed by atoms with E-state index < -0.39 is 3.79 Å². The van der Waals surface area contributed by atoms with Gasteiger partial charge in [0.2, 0.25) is 5.90 Å². The van der Waals surface area contributed by atoms with E-state index in [2.05, 4.69) is 0 Å². The number of benzene rings is 1. The number of nitrogens with one attached hydrogen (secondary N) is 1. The summed E-state index contributed by atoms with van der Waals surface area (Å²) in [4.78, 5) is 0. The molecule has 0 heterocycles. The number of ether oxygens (including phenoxy) is 1. The minimum atomic E-state index is -1.80. The van der Waals surface area contributed by atoms with E-state index in [4.69, 9.17) is 56.5 Å². The van der Waals surface area contributed by atoms with Gasteiger partial charge in [0.15, 0.2) is 0 Å². The third-order valence-electron chi connectivity index (χ3n) is 1.78. The molecule has 1 aromatic carbocycles. The summed E-state index contributed by atoms with van der Waals surface area (Å²) in [5.74, 6) is -0.375. The molecule has 0 aliphatic carbocycles. The molecule has 0 amide bonds. The van der Waals surface area contributed by atoms with Crippen molar-refractivity contribution in [1.29, 1.82) is 5.41 Å². The van der Waals surface area contributed by atoms with Gasteiger partial charge in [0, 0.05) is 11.4 Å². The van der Waals surface area contributed by atoms with Crippen molar-refractivity contribution < 1.29 is 4.74 Å². The lowest BCUT2D eigenvalue weighted by atomic mass is 10.2. The Kier molecular flexibility index (Phi) is 5.19. The molecule has 0 unspecified atom stereocenters. The van der Waals surface area contributed by atoms with Crippen LogP contribution in [0.15, 0.2) is 24.3 Å². The van der Waals surface area contributed by atoms with Gasteiger partial charge < -0.3 is 4.74 Å². The molecule has 0 aliphatic heterocycles. The standard InChI is InChI=1S/C10H9Cl4NO/c11-8-3-1-2-7(6-8)4-5-16-9(15)10(12,13)14/h1-3,6,15H,4-5H2. The van der Waals surface area contributed by atoms with Crippen molar-refractivity contribution in [2.45, 2.75) is 10.2 Å². The molecule has 1 N–H and O–H groups in total. The molecule has 0 fully saturated rings. The van der Waals surface area contributed by atoms with Crippen LogP contribution in [0.5, 0.6) is 0 Å². The normalized spacial score (nSPS) is 11.2. The van der Waals surface area contributed by atoms with Gasteiger partial charge in [-0.05, 0) is 17.7 Å². The van der Waals surface area contributed by atoms with Crippen molar-refractivity contribution >= 4 is 52.3 Å². The lowest BCUT2D eigenvalue weighted by molar-refractivity contribution is 0.300. The Hall–Kier alpha value is -0.150. The summed E-state index contributed by atoms with van der Waals surface area (Å²) in [5.41, 5.74) is 1.00. The monoisotopic (exact) mass is 299 g/mol. The zero-order valence-corrected chi connectivity index (χ0v) is 11.2. The van der Waals surface area contributed by atoms with Gasteiger partial charge in [-0.3, -0.25) is 5.41 Å². The highest BCUT2D eigenvalue weighted by atomic mass is 35.6. The van der Waals surface area contributed by atoms with Crippen molar-refractivity contribution in [2.75, 3.05) is 6.61 Å². The number of hydrogen-bond acceptors (Lipinski definition) is 2. The van der Waals surface area contributed by atoms with Crippen molar-refractivity contribution in [3.63, 3.8) is 0 Å². The summed E-state index contributed by atoms with van der Waals surface area (Å²) in [5, 5.41) is 7.97. The minimum absolute atomic E-state index is 0.271. The third kappa shape index (κ3) is 4.79. The third-order valence-corrected chi connectivity index (χ3v) is 2.53. The summed E-state index contributed by atoms with van der Waals surface area (Å²) in [6, 6.07) is 7.37. The number of rotatable bonds is 3. The van der Waals surface area contributed by atoms with Gasteiger partial charge in [-0.1, -0.05) is 58.5 Å². The van der Waals surface area contributed by atoms with Crippen LogP contribution in [0.25, 0.3) is 0 Å². The maximum atomic E-state index is 7.30. The second kappa shape index (κ2) is 5.97. The smallest absolute Gasteiger partial charge is 0.265 e. The fraction of sp³-hybridized carbons (Fsp3) is 0.300. The number of halogens is 4. The molecule has 0 atom stereocenters. The predicted octanol–water partition coefficient (Wildman–Crippen LogP) is 4.25. The van der Waals surface area contributed by atoms with Gasteiger partial charge in [0.25, 0.3) is 3.79 Å². The summed E-state index contributed by atoms with van der Waals surface area (Å²) in [6.45, 7) is 0.271. The van der Waals surface area contributed by atoms with Crippen LogP contribution in [0, 0.1) is 5.41 Å². The van der Waals surface area contributed by atoms with Gasteiger partial charge in [0.05, 0.1) is 6.61 Å². The van der Waals surface area contributed by atoms with Crippen LogP contribution >= 0.6 is 46.4 Å². The van der Waals surface area contributed by atoms with E-state index in [1.165, 1.54) is 0 Å². The Morgan fingerprint density at radius 2 is 2.00 bits per heavy atom. The van der Waals surface area contributed by atoms with Gasteiger partial charge in [-0.25, -0.2) is 0 Å². The minimum Gasteiger partial charge on any atom is -0.478 e. The van der Waals surface area contributed by atoms with Crippen molar-refractivity contribution in [1.82, 2.24) is 0 Å². The topological polar surface area (TPSA) is 33.1 Å². The molecule has 6 heteroatoms. The molecule has 1 aromatic rings. The molecule has 0 spiro atoms. The molecule has 0 saturated carbocycles. The fourth-order valence-corrected chi connectivity index (χ4v) is 1.42. The molecule has 0 aliphatic rings. The molecular weight excluding hydrogens is 292 g/mol. The summed E-state index contributed by atoms with van der Waals surface area (Å²) in [7, 11) is 0. The van der Waals surface area contributed by atoms with Gasteiger partial charge in [-0.15, -0.1) is 0 Å². The average molecular weight is 301 g/mol. The lowest BCUT2D eigenvalue weighted by Gasteiger charge is -2.13. The van der Waals surface area contributed by atoms with Gasteiger partial charge >= 0.3 is 0 Å². The van der Waals surface area contributed by atoms with Gasteiger partial charge in [0.1, 0.15) is 0 Å². The molecule has 88 valence electrons. The SMILES string of the molecule is N=C(OCCc1cccc(Cl)c1)C(Cl)(Cl)Cl. The van der Waals surface area contributed by atoms with E-state index in [1.807, 2.05) is 18.2 Å². The van der Waals surface area contributed by atoms with Crippen LogP contribution in [-0.2, 0) is 11.2 Å². The molecule has 0 saturated heterocycles. The zero-order valence-electron chi connectivity index (χ0n) is 8.14. The van der Waals surface area contributed by atoms with Crippen molar-refractivity contribution in [3.05, 3.63) is 34.9 Å². The Morgan fingerprint density at radius 3 is 2.56 bits per heavy atom. The summed E-state index contributed by atoms with van der Waals surface area (Å²) < 4.78 is 3.20. The predicted molar refractivity (Wildman–Crippen MR) is 69.1 cm³/mol. The first-order valence-electron chi connectivity index (χ1n) is 4.42. The number of alkyl halides is 3. The van der Waals surface area contributed by atoms with Crippen LogP contribution in [0.3, 0.4) is 0 Å². The molecule has 0 bridgehead atoms. The fourth-order valence-electron chi connectivity index (χ4n) is 1.05. The van der Waals surface area contributed by atoms with Crippen molar-refractivity contribution in [2.24, 2.45) is 0 Å². The second-order valence-corrected chi connectivity index (χ2v) is 5.77. The zero-order chi connectivity index (χ0) is 12.2. The molecule has 1 rings (SSSR count). The molecule has 0 aromatic heterocycles. The Balaban J connectivity index is 2.39. The summed E-state index contributed by atoms with van der Waals surface area (Å²) >= 11 is 22.2. The molecule has 2 nitrogen and oxygen atoms in total. The van der Waals surface area contributed by atoms with E-state index in [0.29, 0.717) is 11.4 Å². The van der Waals surface area contributed by atoms with Crippen molar-refractivity contribution in [3.8, 4) is 0 Å². The highest BCUT2D eigenvalue weighted by Gasteiger charge is 2.28. The van der Waals surface area contributed by atoms with Crippen LogP contribution in [0.2, 0.25) is 5.02 Å². The van der Waals surface area contributed by atoms with Crippen LogP contribution in [0.1, 0.15) is 5.56 Å². The highest BCUT2D eigenvalue weighted by molar-refractivity contribution is 6.76. The maximum absolute atomic E-state index is 7.30. The van der Waals surface area contributed by atoms with Crippen LogP contribution in [0.4, 0.5) is 0 Å². The number of hydrogen-bond donors (Lipinski definition) is 1. The lowest BCUT2D eigenvalue weighted by Crippen LogP contribution is -2.22. The first-order valence-corrected chi connectivity index (χ1v) is 5.94. The quantitative estimate of drug-likeness (QED) is 0.505. The van der Waals surface area contributed by atoms with E-state index in [1.54, 1.807) is 6.07 Å². The van der Waals surface area contributed by atoms with E-state index in [9.17, 15) is 0 Å². The van der Waals surface area contributed by atoms with Crippen LogP contribution < -0.4 is 0 Å². The Labute approximate surface area is 114 Å². The van der Waals surface area contributed by atoms with E-state index in [-0.39, 0.29) is 12.5 Å². The highest BCUT2D eigenvalue weighted by Crippen LogP contribution is 2.27. The summed E-state index contributed by atoms with van der Waals surface area (Å²) in [6.07, 6.45) is 0.601. The first kappa shape index (κ1) is 13.9. The van der Waals surface area contributed by atoms with Gasteiger partial charge in [-0.2, -0.15) is 0 Å². The molecule has 16 heavy (non-hydrogen) atoms. The Morgan fingerprint density at radius 1 is 1.31 bits per heavy atom. The molecule has 0 radical (unpaired) electrons. The van der Waals surface area contributed by atoms with Crippen LogP contribution in [-0.4, -0.2) is 16.3 Å². The first-order chi connectivity index (χ1) is 7.39. The largest absolute Gasteiger partial charge is 0.478 e. The average Bonchev–Trinajstić information content (AvgIpc) is 2.16. The molecular formula is C10H9Cl4NO. The maximum Gasteiger partial charge on any atom is 0.265 e. The second-order valence-electron chi connectivity index (χ2n) is 3.06. The Bertz CT molecular complexity index is 375. The van der Waals surface area contributed by atoms with E-state index in [0.717, 1.165) is 5.56 Å².